The summed E-state index contributed by atoms with van der Waals surface area (Å²) in [6.07, 6.45) is 9.07. The summed E-state index contributed by atoms with van der Waals surface area (Å²) >= 11 is 0. The number of amides is 3. The Balaban J connectivity index is 1.86. The number of rotatable bonds is 21. The fourth-order valence-electron chi connectivity index (χ4n) is 5.32. The van der Waals surface area contributed by atoms with E-state index in [1.807, 2.05) is 27.0 Å². The lowest BCUT2D eigenvalue weighted by molar-refractivity contribution is -0.136. The van der Waals surface area contributed by atoms with Gasteiger partial charge >= 0.3 is 6.09 Å². The fraction of sp³-hybridized carbons (Fsp3) is 0.711. The SMILES string of the molecule is CCC(C)(C)OCCC(C)(C)OCCC(=O)N1CCN(C(=O)Oc2ccc(CNC(=O)CCCC/C=C/C(C)C)cc2OC)C(CNC)C1. The normalized spacial score (nSPS) is 15.6. The lowest BCUT2D eigenvalue weighted by atomic mass is 10.0. The van der Waals surface area contributed by atoms with Crippen LogP contribution < -0.4 is 20.1 Å². The van der Waals surface area contributed by atoms with Gasteiger partial charge in [-0.2, -0.15) is 0 Å². The van der Waals surface area contributed by atoms with Gasteiger partial charge in [-0.05, 0) is 90.5 Å². The molecule has 278 valence electrons. The molecule has 0 radical (unpaired) electrons. The fourth-order valence-corrected chi connectivity index (χ4v) is 5.32. The topological polar surface area (TPSA) is 119 Å². The maximum atomic E-state index is 13.4. The lowest BCUT2D eigenvalue weighted by Gasteiger charge is -2.40. The van der Waals surface area contributed by atoms with Crippen LogP contribution in [-0.4, -0.2) is 98.5 Å². The first kappa shape index (κ1) is 42.0. The summed E-state index contributed by atoms with van der Waals surface area (Å²) in [4.78, 5) is 42.3. The Morgan fingerprint density at radius 2 is 1.73 bits per heavy atom. The average molecular weight is 689 g/mol. The third-order valence-corrected chi connectivity index (χ3v) is 8.83. The first-order valence-electron chi connectivity index (χ1n) is 18.0. The van der Waals surface area contributed by atoms with Gasteiger partial charge in [0.15, 0.2) is 11.5 Å². The molecule has 1 unspecified atom stereocenters. The number of likely N-dealkylation sites (N-methyl/N-ethyl adjacent to an activating group) is 1. The number of carbonyl (C=O) groups excluding carboxylic acids is 3. The van der Waals surface area contributed by atoms with Crippen molar-refractivity contribution in [3.05, 3.63) is 35.9 Å². The Labute approximate surface area is 295 Å². The number of carbonyl (C=O) groups is 3. The van der Waals surface area contributed by atoms with Crippen molar-refractivity contribution < 1.29 is 33.3 Å². The predicted octanol–water partition coefficient (Wildman–Crippen LogP) is 6.10. The maximum Gasteiger partial charge on any atom is 0.415 e. The van der Waals surface area contributed by atoms with Gasteiger partial charge in [-0.1, -0.05) is 39.0 Å². The highest BCUT2D eigenvalue weighted by atomic mass is 16.6. The van der Waals surface area contributed by atoms with Crippen LogP contribution in [0.5, 0.6) is 11.5 Å². The number of hydrogen-bond acceptors (Lipinski definition) is 8. The molecular weight excluding hydrogens is 624 g/mol. The molecule has 2 N–H and O–H groups in total. The number of piperazine rings is 1. The van der Waals surface area contributed by atoms with Gasteiger partial charge < -0.3 is 39.4 Å². The zero-order valence-corrected chi connectivity index (χ0v) is 31.7. The number of nitrogens with zero attached hydrogens (tertiary/aromatic N) is 2. The van der Waals surface area contributed by atoms with E-state index in [0.717, 1.165) is 37.7 Å². The average Bonchev–Trinajstić information content (AvgIpc) is 3.05. The Bertz CT molecular complexity index is 1200. The summed E-state index contributed by atoms with van der Waals surface area (Å²) in [5.74, 6) is 1.24. The highest BCUT2D eigenvalue weighted by Crippen LogP contribution is 2.29. The van der Waals surface area contributed by atoms with E-state index in [-0.39, 0.29) is 29.9 Å². The molecule has 0 bridgehead atoms. The number of benzene rings is 1. The molecule has 11 nitrogen and oxygen atoms in total. The van der Waals surface area contributed by atoms with Crippen LogP contribution in [0.15, 0.2) is 30.4 Å². The van der Waals surface area contributed by atoms with Crippen LogP contribution in [0.2, 0.25) is 0 Å². The molecule has 1 aliphatic heterocycles. The standard InChI is InChI=1S/C38H64N4O7/c1-10-37(4,5)48-24-20-38(6,7)47-23-19-35(44)41-21-22-42(31(28-41)27-39-8)36(45)49-32-18-17-30(25-33(32)46-9)26-40-34(43)16-14-12-11-13-15-29(2)3/h13,15,17-18,25,29,31,39H,10-12,14,16,19-24,26-28H2,1-9H3,(H,40,43)/b15-13+. The number of methoxy groups -OCH3 is 1. The van der Waals surface area contributed by atoms with E-state index < -0.39 is 11.7 Å². The summed E-state index contributed by atoms with van der Waals surface area (Å²) in [6.45, 7) is 17.5. The van der Waals surface area contributed by atoms with E-state index in [0.29, 0.717) is 69.8 Å². The molecule has 1 heterocycles. The molecule has 0 aliphatic carbocycles. The van der Waals surface area contributed by atoms with Crippen molar-refractivity contribution in [3.63, 3.8) is 0 Å². The minimum atomic E-state index is -0.506. The Morgan fingerprint density at radius 1 is 1.00 bits per heavy atom. The van der Waals surface area contributed by atoms with Crippen LogP contribution in [0, 0.1) is 5.92 Å². The quantitative estimate of drug-likeness (QED) is 0.118. The second-order valence-electron chi connectivity index (χ2n) is 14.4. The van der Waals surface area contributed by atoms with Crippen LogP contribution in [0.3, 0.4) is 0 Å². The summed E-state index contributed by atoms with van der Waals surface area (Å²) in [5.41, 5.74) is 0.274. The summed E-state index contributed by atoms with van der Waals surface area (Å²) in [6, 6.07) is 5.00. The maximum absolute atomic E-state index is 13.4. The second kappa shape index (κ2) is 21.2. The van der Waals surface area contributed by atoms with Crippen molar-refractivity contribution in [1.29, 1.82) is 0 Å². The first-order chi connectivity index (χ1) is 23.2. The van der Waals surface area contributed by atoms with Crippen molar-refractivity contribution in [3.8, 4) is 11.5 Å². The van der Waals surface area contributed by atoms with Crippen LogP contribution in [-0.2, 0) is 25.6 Å². The van der Waals surface area contributed by atoms with Crippen LogP contribution in [0.4, 0.5) is 4.79 Å². The van der Waals surface area contributed by atoms with E-state index in [1.54, 1.807) is 21.9 Å². The minimum Gasteiger partial charge on any atom is -0.493 e. The number of unbranched alkanes of at least 4 members (excludes halogenated alkanes) is 2. The van der Waals surface area contributed by atoms with Gasteiger partial charge in [0.2, 0.25) is 11.8 Å². The van der Waals surface area contributed by atoms with Gasteiger partial charge in [-0.3, -0.25) is 9.59 Å². The molecular formula is C38H64N4O7. The third-order valence-electron chi connectivity index (χ3n) is 8.83. The van der Waals surface area contributed by atoms with Crippen molar-refractivity contribution in [2.75, 3.05) is 53.6 Å². The molecule has 1 aromatic carbocycles. The van der Waals surface area contributed by atoms with E-state index in [1.165, 1.54) is 7.11 Å². The molecule has 3 amide bonds. The minimum absolute atomic E-state index is 0.00331. The monoisotopic (exact) mass is 688 g/mol. The molecule has 1 atom stereocenters. The van der Waals surface area contributed by atoms with E-state index >= 15 is 0 Å². The largest absolute Gasteiger partial charge is 0.493 e. The van der Waals surface area contributed by atoms with Gasteiger partial charge in [0, 0.05) is 39.1 Å². The molecule has 0 saturated carbocycles. The van der Waals surface area contributed by atoms with E-state index in [9.17, 15) is 14.4 Å². The summed E-state index contributed by atoms with van der Waals surface area (Å²) in [7, 11) is 3.33. The zero-order chi connectivity index (χ0) is 36.5. The van der Waals surface area contributed by atoms with Crippen molar-refractivity contribution in [1.82, 2.24) is 20.4 Å². The zero-order valence-electron chi connectivity index (χ0n) is 31.7. The van der Waals surface area contributed by atoms with Gasteiger partial charge in [-0.25, -0.2) is 4.79 Å². The molecule has 1 fully saturated rings. The highest BCUT2D eigenvalue weighted by molar-refractivity contribution is 5.78. The lowest BCUT2D eigenvalue weighted by Crippen LogP contribution is -2.59. The second-order valence-corrected chi connectivity index (χ2v) is 14.4. The first-order valence-corrected chi connectivity index (χ1v) is 18.0. The molecule has 1 saturated heterocycles. The molecule has 49 heavy (non-hydrogen) atoms. The van der Waals surface area contributed by atoms with Crippen molar-refractivity contribution in [2.24, 2.45) is 5.92 Å². The van der Waals surface area contributed by atoms with Gasteiger partial charge in [0.25, 0.3) is 0 Å². The van der Waals surface area contributed by atoms with Crippen LogP contribution >= 0.6 is 0 Å². The Hall–Kier alpha value is -3.15. The van der Waals surface area contributed by atoms with Crippen molar-refractivity contribution >= 4 is 17.9 Å². The smallest absolute Gasteiger partial charge is 0.415 e. The van der Waals surface area contributed by atoms with Gasteiger partial charge in [-0.15, -0.1) is 0 Å². The Kier molecular flexibility index (Phi) is 18.1. The number of hydrogen-bond donors (Lipinski definition) is 2. The molecule has 0 aromatic heterocycles. The van der Waals surface area contributed by atoms with Crippen molar-refractivity contribution in [2.45, 2.75) is 117 Å². The van der Waals surface area contributed by atoms with Crippen LogP contribution in [0.25, 0.3) is 0 Å². The predicted molar refractivity (Wildman–Crippen MR) is 194 cm³/mol. The molecule has 11 heteroatoms. The number of ether oxygens (including phenoxy) is 4. The number of allylic oxidation sites excluding steroid dienone is 2. The molecule has 1 aromatic rings. The summed E-state index contributed by atoms with van der Waals surface area (Å²) in [5, 5.41) is 6.09. The van der Waals surface area contributed by atoms with E-state index in [2.05, 4.69) is 57.4 Å². The molecule has 0 spiro atoms. The third kappa shape index (κ3) is 16.0. The summed E-state index contributed by atoms with van der Waals surface area (Å²) < 4.78 is 23.4. The van der Waals surface area contributed by atoms with E-state index in [4.69, 9.17) is 18.9 Å². The number of nitrogens with one attached hydrogen (secondary N) is 2. The van der Waals surface area contributed by atoms with Gasteiger partial charge in [0.05, 0.1) is 44.0 Å². The molecule has 2 rings (SSSR count). The van der Waals surface area contributed by atoms with Gasteiger partial charge in [0.1, 0.15) is 0 Å². The Morgan fingerprint density at radius 3 is 2.41 bits per heavy atom. The molecule has 1 aliphatic rings. The van der Waals surface area contributed by atoms with Crippen LogP contribution in [0.1, 0.15) is 99.0 Å². The highest BCUT2D eigenvalue weighted by Gasteiger charge is 2.34.